The van der Waals surface area contributed by atoms with Crippen molar-refractivity contribution in [1.29, 1.82) is 0 Å². The smallest absolute Gasteiger partial charge is 0.468 e. The zero-order valence-corrected chi connectivity index (χ0v) is 14.5. The van der Waals surface area contributed by atoms with Crippen LogP contribution in [-0.2, 0) is 29.7 Å². The van der Waals surface area contributed by atoms with E-state index < -0.39 is 54.5 Å². The van der Waals surface area contributed by atoms with Gasteiger partial charge in [-0.1, -0.05) is 12.1 Å². The molecule has 0 saturated heterocycles. The van der Waals surface area contributed by atoms with Crippen LogP contribution in [0.1, 0.15) is 11.6 Å². The fraction of sp³-hybridized carbons (Fsp3) is 0.364. The number of esters is 1. The third-order valence-corrected chi connectivity index (χ3v) is 4.85. The van der Waals surface area contributed by atoms with Gasteiger partial charge in [0.2, 0.25) is 0 Å². The summed E-state index contributed by atoms with van der Waals surface area (Å²) in [6, 6.07) is 0.256. The topological polar surface area (TPSA) is 116 Å². The minimum absolute atomic E-state index is 0.494. The first kappa shape index (κ1) is 23.0. The number of rotatable bonds is 6. The number of nitrogens with one attached hydrogen (secondary N) is 1. The van der Waals surface area contributed by atoms with Gasteiger partial charge in [0.15, 0.2) is 0 Å². The van der Waals surface area contributed by atoms with Crippen LogP contribution in [-0.4, -0.2) is 40.9 Å². The summed E-state index contributed by atoms with van der Waals surface area (Å²) < 4.78 is 127. The van der Waals surface area contributed by atoms with Crippen molar-refractivity contribution in [2.45, 2.75) is 17.1 Å². The highest BCUT2D eigenvalue weighted by Crippen LogP contribution is 2.29. The number of alkyl halides is 6. The zero-order chi connectivity index (χ0) is 21.3. The summed E-state index contributed by atoms with van der Waals surface area (Å²) in [5, 5.41) is 0. The summed E-state index contributed by atoms with van der Waals surface area (Å²) in [7, 11) is -11.2. The molecule has 1 aromatic carbocycles. The van der Waals surface area contributed by atoms with Crippen molar-refractivity contribution >= 4 is 26.1 Å². The van der Waals surface area contributed by atoms with Gasteiger partial charge in [-0.15, -0.1) is 0 Å². The molecule has 1 N–H and O–H groups in total. The Balaban J connectivity index is 3.19. The van der Waals surface area contributed by atoms with Crippen LogP contribution in [0.15, 0.2) is 24.3 Å². The highest BCUT2D eigenvalue weighted by molar-refractivity contribution is 7.90. The van der Waals surface area contributed by atoms with Crippen LogP contribution in [0.4, 0.5) is 26.3 Å². The van der Waals surface area contributed by atoms with Gasteiger partial charge in [-0.05, 0) is 17.7 Å². The van der Waals surface area contributed by atoms with Gasteiger partial charge in [0.1, 0.15) is 11.8 Å². The Morgan fingerprint density at radius 1 is 0.963 bits per heavy atom. The average molecular weight is 445 g/mol. The van der Waals surface area contributed by atoms with Crippen LogP contribution in [0.5, 0.6) is 5.75 Å². The fourth-order valence-electron chi connectivity index (χ4n) is 1.48. The second kappa shape index (κ2) is 7.51. The zero-order valence-electron chi connectivity index (χ0n) is 12.8. The molecule has 0 aliphatic heterocycles. The maximum absolute atomic E-state index is 12.4. The Hall–Kier alpha value is -2.07. The van der Waals surface area contributed by atoms with E-state index in [1.54, 1.807) is 0 Å². The molecule has 0 saturated carbocycles. The van der Waals surface area contributed by atoms with Gasteiger partial charge in [-0.3, -0.25) is 0 Å². The number of carbonyl (C=O) groups excluding carboxylic acids is 1. The number of carbonyl (C=O) groups is 1. The van der Waals surface area contributed by atoms with Gasteiger partial charge in [0.25, 0.3) is 0 Å². The van der Waals surface area contributed by atoms with Crippen LogP contribution >= 0.6 is 0 Å². The molecule has 0 bridgehead atoms. The van der Waals surface area contributed by atoms with Gasteiger partial charge < -0.3 is 8.92 Å². The summed E-state index contributed by atoms with van der Waals surface area (Å²) in [5.41, 5.74) is -12.0. The first-order chi connectivity index (χ1) is 12.0. The van der Waals surface area contributed by atoms with Gasteiger partial charge in [0.05, 0.1) is 7.11 Å². The molecule has 27 heavy (non-hydrogen) atoms. The Kier molecular flexibility index (Phi) is 6.39. The lowest BCUT2D eigenvalue weighted by molar-refractivity contribution is -0.142. The number of hydrogen-bond donors (Lipinski definition) is 1. The molecule has 0 amide bonds. The van der Waals surface area contributed by atoms with Crippen molar-refractivity contribution in [3.05, 3.63) is 29.8 Å². The molecule has 0 aromatic heterocycles. The Labute approximate surface area is 148 Å². The van der Waals surface area contributed by atoms with E-state index in [1.165, 1.54) is 0 Å². The van der Waals surface area contributed by atoms with E-state index in [-0.39, 0.29) is 0 Å². The second-order valence-corrected chi connectivity index (χ2v) is 7.82. The third-order valence-electron chi connectivity index (χ3n) is 2.72. The maximum Gasteiger partial charge on any atom is 0.534 e. The number of benzene rings is 1. The summed E-state index contributed by atoms with van der Waals surface area (Å²) in [4.78, 5) is 11.6. The number of methoxy groups -OCH3 is 1. The Morgan fingerprint density at radius 3 is 1.81 bits per heavy atom. The number of sulfonamides is 1. The average Bonchev–Trinajstić information content (AvgIpc) is 2.50. The lowest BCUT2D eigenvalue weighted by atomic mass is 10.1. The van der Waals surface area contributed by atoms with Crippen LogP contribution in [0.25, 0.3) is 0 Å². The highest BCUT2D eigenvalue weighted by atomic mass is 32.2. The lowest BCUT2D eigenvalue weighted by Crippen LogP contribution is -2.41. The van der Waals surface area contributed by atoms with Crippen molar-refractivity contribution in [2.24, 2.45) is 0 Å². The van der Waals surface area contributed by atoms with Crippen molar-refractivity contribution in [2.75, 3.05) is 7.11 Å². The van der Waals surface area contributed by atoms with Crippen molar-refractivity contribution in [1.82, 2.24) is 4.72 Å². The molecule has 16 heteroatoms. The van der Waals surface area contributed by atoms with E-state index in [0.29, 0.717) is 24.3 Å². The largest absolute Gasteiger partial charge is 0.534 e. The SMILES string of the molecule is COC(=O)[C@@H](NS(=O)(=O)C(F)(F)F)c1ccc(OS(=O)(=O)C(F)(F)F)cc1. The summed E-state index contributed by atoms with van der Waals surface area (Å²) in [5.74, 6) is -2.36. The van der Waals surface area contributed by atoms with Gasteiger partial charge in [-0.2, -0.15) is 39.5 Å². The van der Waals surface area contributed by atoms with Crippen molar-refractivity contribution in [3.8, 4) is 5.75 Å². The number of ether oxygens (including phenoxy) is 1. The number of hydrogen-bond acceptors (Lipinski definition) is 7. The monoisotopic (exact) mass is 445 g/mol. The fourth-order valence-corrected chi connectivity index (χ4v) is 2.62. The maximum atomic E-state index is 12.4. The summed E-state index contributed by atoms with van der Waals surface area (Å²) in [6.07, 6.45) is 0. The van der Waals surface area contributed by atoms with Crippen LogP contribution in [0.3, 0.4) is 0 Å². The quantitative estimate of drug-likeness (QED) is 0.306. The van der Waals surface area contributed by atoms with Crippen molar-refractivity contribution < 1.29 is 56.9 Å². The highest BCUT2D eigenvalue weighted by Gasteiger charge is 2.49. The molecule has 8 nitrogen and oxygen atoms in total. The minimum atomic E-state index is -6.00. The Bertz CT molecular complexity index is 891. The molecule has 0 fully saturated rings. The van der Waals surface area contributed by atoms with Crippen LogP contribution in [0.2, 0.25) is 0 Å². The molecular weight excluding hydrogens is 436 g/mol. The molecular formula is C11H9F6NO7S2. The minimum Gasteiger partial charge on any atom is -0.468 e. The lowest BCUT2D eigenvalue weighted by Gasteiger charge is -2.18. The third kappa shape index (κ3) is 5.46. The molecule has 0 aliphatic rings. The molecule has 1 rings (SSSR count). The molecule has 0 heterocycles. The molecule has 0 radical (unpaired) electrons. The molecule has 1 aromatic rings. The van der Waals surface area contributed by atoms with E-state index in [2.05, 4.69) is 8.92 Å². The van der Waals surface area contributed by atoms with E-state index in [4.69, 9.17) is 0 Å². The molecule has 0 spiro atoms. The van der Waals surface area contributed by atoms with Gasteiger partial charge >= 0.3 is 37.1 Å². The molecule has 0 aliphatic carbocycles. The van der Waals surface area contributed by atoms with Gasteiger partial charge in [0, 0.05) is 0 Å². The Morgan fingerprint density at radius 2 is 1.44 bits per heavy atom. The van der Waals surface area contributed by atoms with Crippen molar-refractivity contribution in [3.63, 3.8) is 0 Å². The summed E-state index contributed by atoms with van der Waals surface area (Å²) >= 11 is 0. The predicted molar refractivity (Wildman–Crippen MR) is 74.9 cm³/mol. The van der Waals surface area contributed by atoms with E-state index >= 15 is 0 Å². The second-order valence-electron chi connectivity index (χ2n) is 4.58. The molecule has 154 valence electrons. The molecule has 1 atom stereocenters. The van der Waals surface area contributed by atoms with E-state index in [0.717, 1.165) is 11.8 Å². The predicted octanol–water partition coefficient (Wildman–Crippen LogP) is 1.57. The van der Waals surface area contributed by atoms with E-state index in [1.807, 2.05) is 0 Å². The summed E-state index contributed by atoms with van der Waals surface area (Å²) in [6.45, 7) is 0. The standard InChI is InChI=1S/C11H9F6NO7S2/c1-24-9(19)8(18-26(20,21)10(12,13)14)6-2-4-7(5-3-6)25-27(22,23)11(15,16)17/h2-5,8,18H,1H3/t8-/m0/s1. The van der Waals surface area contributed by atoms with E-state index in [9.17, 15) is 48.0 Å². The number of halogens is 6. The van der Waals surface area contributed by atoms with Crippen LogP contribution in [0, 0.1) is 0 Å². The first-order valence-electron chi connectivity index (χ1n) is 6.29. The first-order valence-corrected chi connectivity index (χ1v) is 9.18. The molecule has 0 unspecified atom stereocenters. The van der Waals surface area contributed by atoms with Crippen LogP contribution < -0.4 is 8.91 Å². The normalized spacial score (nSPS) is 14.5. The van der Waals surface area contributed by atoms with Gasteiger partial charge in [-0.25, -0.2) is 13.2 Å².